The number of aliphatic carboxylic acids is 1. The molecule has 0 aromatic heterocycles. The van der Waals surface area contributed by atoms with Crippen molar-refractivity contribution in [2.75, 3.05) is 7.05 Å². The van der Waals surface area contributed by atoms with Crippen LogP contribution in [0.3, 0.4) is 0 Å². The first kappa shape index (κ1) is 12.8. The number of benzene rings is 1. The highest BCUT2D eigenvalue weighted by molar-refractivity contribution is 6.30. The van der Waals surface area contributed by atoms with Gasteiger partial charge in [0.05, 0.1) is 12.0 Å². The van der Waals surface area contributed by atoms with E-state index in [2.05, 4.69) is 0 Å². The number of carboxylic acids is 1. The first-order valence-corrected chi connectivity index (χ1v) is 5.72. The normalized spacial score (nSPS) is 23.5. The standard InChI is InChI=1S/C12H11ClFNO3/c1-15-10(16)5-9(12(17)18)11(15)6-2-7(13)4-8(14)3-6/h2-4,9,11H,5H2,1H3,(H,17,18). The third-order valence-electron chi connectivity index (χ3n) is 3.13. The lowest BCUT2D eigenvalue weighted by atomic mass is 9.94. The molecular weight excluding hydrogens is 261 g/mol. The van der Waals surface area contributed by atoms with Crippen molar-refractivity contribution in [2.45, 2.75) is 12.5 Å². The van der Waals surface area contributed by atoms with Gasteiger partial charge in [0.1, 0.15) is 5.82 Å². The molecule has 4 nitrogen and oxygen atoms in total. The van der Waals surface area contributed by atoms with Crippen LogP contribution < -0.4 is 0 Å². The van der Waals surface area contributed by atoms with Gasteiger partial charge in [-0.15, -0.1) is 0 Å². The second kappa shape index (κ2) is 4.57. The summed E-state index contributed by atoms with van der Waals surface area (Å²) in [5, 5.41) is 9.30. The third kappa shape index (κ3) is 2.18. The number of amides is 1. The van der Waals surface area contributed by atoms with Gasteiger partial charge >= 0.3 is 5.97 Å². The zero-order valence-corrected chi connectivity index (χ0v) is 10.3. The molecule has 1 amide bonds. The zero-order chi connectivity index (χ0) is 13.4. The van der Waals surface area contributed by atoms with E-state index in [4.69, 9.17) is 16.7 Å². The van der Waals surface area contributed by atoms with E-state index in [1.165, 1.54) is 24.1 Å². The number of likely N-dealkylation sites (tertiary alicyclic amines) is 1. The molecule has 2 rings (SSSR count). The lowest BCUT2D eigenvalue weighted by Crippen LogP contribution is -2.27. The Morgan fingerprint density at radius 1 is 1.50 bits per heavy atom. The van der Waals surface area contributed by atoms with E-state index in [0.717, 1.165) is 6.07 Å². The topological polar surface area (TPSA) is 57.6 Å². The molecule has 0 saturated carbocycles. The molecule has 1 fully saturated rings. The summed E-state index contributed by atoms with van der Waals surface area (Å²) >= 11 is 5.75. The summed E-state index contributed by atoms with van der Waals surface area (Å²) in [6.07, 6.45) is -0.0787. The van der Waals surface area contributed by atoms with Crippen molar-refractivity contribution >= 4 is 23.5 Å². The van der Waals surface area contributed by atoms with Gasteiger partial charge in [-0.3, -0.25) is 9.59 Å². The molecule has 2 atom stereocenters. The zero-order valence-electron chi connectivity index (χ0n) is 9.56. The molecule has 1 heterocycles. The van der Waals surface area contributed by atoms with Crippen LogP contribution in [0.5, 0.6) is 0 Å². The van der Waals surface area contributed by atoms with Crippen LogP contribution in [0.25, 0.3) is 0 Å². The number of carbonyl (C=O) groups is 2. The van der Waals surface area contributed by atoms with Gasteiger partial charge in [-0.1, -0.05) is 11.6 Å². The van der Waals surface area contributed by atoms with Gasteiger partial charge in [-0.05, 0) is 23.8 Å². The van der Waals surface area contributed by atoms with Crippen molar-refractivity contribution in [1.29, 1.82) is 0 Å². The number of nitrogens with zero attached hydrogens (tertiary/aromatic N) is 1. The van der Waals surface area contributed by atoms with Crippen molar-refractivity contribution < 1.29 is 19.1 Å². The number of carbonyl (C=O) groups excluding carboxylic acids is 1. The molecule has 0 bridgehead atoms. The second-order valence-corrected chi connectivity index (χ2v) is 4.74. The van der Waals surface area contributed by atoms with Crippen LogP contribution in [0.2, 0.25) is 5.02 Å². The molecule has 6 heteroatoms. The van der Waals surface area contributed by atoms with Gasteiger partial charge in [0.15, 0.2) is 0 Å². The maximum atomic E-state index is 13.3. The Kier molecular flexibility index (Phi) is 3.26. The van der Waals surface area contributed by atoms with Crippen LogP contribution in [0.15, 0.2) is 18.2 Å². The van der Waals surface area contributed by atoms with Gasteiger partial charge in [0.2, 0.25) is 5.91 Å². The Morgan fingerprint density at radius 2 is 2.17 bits per heavy atom. The summed E-state index contributed by atoms with van der Waals surface area (Å²) in [5.74, 6) is -2.76. The predicted molar refractivity (Wildman–Crippen MR) is 62.7 cm³/mol. The summed E-state index contributed by atoms with van der Waals surface area (Å²) in [6.45, 7) is 0. The summed E-state index contributed by atoms with van der Waals surface area (Å²) in [4.78, 5) is 24.0. The smallest absolute Gasteiger partial charge is 0.309 e. The second-order valence-electron chi connectivity index (χ2n) is 4.30. The summed E-state index contributed by atoms with van der Waals surface area (Å²) in [5.41, 5.74) is 0.403. The van der Waals surface area contributed by atoms with Crippen LogP contribution in [-0.2, 0) is 9.59 Å². The summed E-state index contributed by atoms with van der Waals surface area (Å²) in [6, 6.07) is 3.16. The maximum Gasteiger partial charge on any atom is 0.309 e. The first-order chi connectivity index (χ1) is 8.40. The number of rotatable bonds is 2. The van der Waals surface area contributed by atoms with Crippen molar-refractivity contribution in [3.8, 4) is 0 Å². The molecule has 2 unspecified atom stereocenters. The molecule has 18 heavy (non-hydrogen) atoms. The molecule has 1 aliphatic heterocycles. The molecule has 1 aromatic rings. The van der Waals surface area contributed by atoms with E-state index in [-0.39, 0.29) is 17.4 Å². The van der Waals surface area contributed by atoms with E-state index in [1.807, 2.05) is 0 Å². The highest BCUT2D eigenvalue weighted by Crippen LogP contribution is 2.38. The molecule has 1 aromatic carbocycles. The highest BCUT2D eigenvalue weighted by atomic mass is 35.5. The molecule has 1 N–H and O–H groups in total. The third-order valence-corrected chi connectivity index (χ3v) is 3.35. The quantitative estimate of drug-likeness (QED) is 0.896. The van der Waals surface area contributed by atoms with Crippen molar-refractivity contribution in [2.24, 2.45) is 5.92 Å². The number of hydrogen-bond acceptors (Lipinski definition) is 2. The van der Waals surface area contributed by atoms with E-state index in [1.54, 1.807) is 0 Å². The van der Waals surface area contributed by atoms with Crippen molar-refractivity contribution in [1.82, 2.24) is 4.90 Å². The molecule has 1 aliphatic rings. The number of hydrogen-bond donors (Lipinski definition) is 1. The molecule has 0 radical (unpaired) electrons. The molecular formula is C12H11ClFNO3. The SMILES string of the molecule is CN1C(=O)CC(C(=O)O)C1c1cc(F)cc(Cl)c1. The predicted octanol–water partition coefficient (Wildman–Crippen LogP) is 2.08. The van der Waals surface area contributed by atoms with Crippen molar-refractivity contribution in [3.63, 3.8) is 0 Å². The molecule has 0 aliphatic carbocycles. The van der Waals surface area contributed by atoms with Crippen LogP contribution in [0.1, 0.15) is 18.0 Å². The number of halogens is 2. The number of carboxylic acid groups (broad SMARTS) is 1. The van der Waals surface area contributed by atoms with Gasteiger partial charge in [0, 0.05) is 18.5 Å². The Bertz CT molecular complexity index is 500. The first-order valence-electron chi connectivity index (χ1n) is 5.34. The molecule has 1 saturated heterocycles. The minimum Gasteiger partial charge on any atom is -0.481 e. The van der Waals surface area contributed by atoms with Crippen LogP contribution in [-0.4, -0.2) is 28.9 Å². The average molecular weight is 272 g/mol. The van der Waals surface area contributed by atoms with Crippen LogP contribution in [0.4, 0.5) is 4.39 Å². The van der Waals surface area contributed by atoms with Crippen LogP contribution >= 0.6 is 11.6 Å². The lowest BCUT2D eigenvalue weighted by Gasteiger charge is -2.23. The minimum atomic E-state index is -1.07. The summed E-state index contributed by atoms with van der Waals surface area (Å²) in [7, 11) is 1.51. The minimum absolute atomic E-state index is 0.0787. The van der Waals surface area contributed by atoms with Crippen molar-refractivity contribution in [3.05, 3.63) is 34.6 Å². The van der Waals surface area contributed by atoms with Gasteiger partial charge in [-0.25, -0.2) is 4.39 Å². The Hall–Kier alpha value is -1.62. The highest BCUT2D eigenvalue weighted by Gasteiger charge is 2.42. The maximum absolute atomic E-state index is 13.3. The summed E-state index contributed by atoms with van der Waals surface area (Å²) < 4.78 is 13.3. The fourth-order valence-electron chi connectivity index (χ4n) is 2.29. The molecule has 0 spiro atoms. The Morgan fingerprint density at radius 3 is 2.72 bits per heavy atom. The average Bonchev–Trinajstić information content (AvgIpc) is 2.54. The Balaban J connectivity index is 2.45. The van der Waals surface area contributed by atoms with Gasteiger partial charge in [-0.2, -0.15) is 0 Å². The van der Waals surface area contributed by atoms with Gasteiger partial charge < -0.3 is 10.0 Å². The monoisotopic (exact) mass is 271 g/mol. The van der Waals surface area contributed by atoms with E-state index >= 15 is 0 Å². The van der Waals surface area contributed by atoms with E-state index < -0.39 is 23.7 Å². The molecule has 96 valence electrons. The largest absolute Gasteiger partial charge is 0.481 e. The van der Waals surface area contributed by atoms with E-state index in [9.17, 15) is 14.0 Å². The van der Waals surface area contributed by atoms with E-state index in [0.29, 0.717) is 5.56 Å². The fourth-order valence-corrected chi connectivity index (χ4v) is 2.52. The fraction of sp³-hybridized carbons (Fsp3) is 0.333. The van der Waals surface area contributed by atoms with Crippen LogP contribution in [0, 0.1) is 11.7 Å². The lowest BCUT2D eigenvalue weighted by molar-refractivity contribution is -0.142. The Labute approximate surface area is 108 Å². The van der Waals surface area contributed by atoms with Gasteiger partial charge in [0.25, 0.3) is 0 Å².